The van der Waals surface area contributed by atoms with Gasteiger partial charge in [0.15, 0.2) is 0 Å². The third-order valence-electron chi connectivity index (χ3n) is 1.78. The topological polar surface area (TPSA) is 25.8 Å². The molecule has 0 spiro atoms. The van der Waals surface area contributed by atoms with Gasteiger partial charge in [-0.1, -0.05) is 23.2 Å². The summed E-state index contributed by atoms with van der Waals surface area (Å²) in [4.78, 5) is 7.80. The molecule has 0 radical (unpaired) electrons. The Hall–Kier alpha value is -1.19. The molecule has 0 N–H and O–H groups in total. The highest BCUT2D eigenvalue weighted by Gasteiger charge is 2.04. The van der Waals surface area contributed by atoms with Crippen LogP contribution in [0.4, 0.5) is 4.39 Å². The van der Waals surface area contributed by atoms with E-state index in [1.807, 2.05) is 0 Å². The smallest absolute Gasteiger partial charge is 0.131 e. The number of hydrogen-bond donors (Lipinski definition) is 0. The van der Waals surface area contributed by atoms with Crippen LogP contribution in [0.3, 0.4) is 0 Å². The molecule has 0 fully saturated rings. The molecule has 2 heterocycles. The Morgan fingerprint density at radius 3 is 2.33 bits per heavy atom. The van der Waals surface area contributed by atoms with E-state index in [-0.39, 0.29) is 16.1 Å². The molecule has 0 aromatic carbocycles. The average molecular weight is 243 g/mol. The van der Waals surface area contributed by atoms with E-state index in [0.717, 1.165) is 0 Å². The van der Waals surface area contributed by atoms with Gasteiger partial charge in [0.2, 0.25) is 0 Å². The molecule has 15 heavy (non-hydrogen) atoms. The predicted octanol–water partition coefficient (Wildman–Crippen LogP) is 3.59. The molecule has 5 heteroatoms. The molecule has 0 saturated heterocycles. The van der Waals surface area contributed by atoms with Crippen LogP contribution in [0.15, 0.2) is 30.5 Å². The lowest BCUT2D eigenvalue weighted by atomic mass is 10.2. The van der Waals surface area contributed by atoms with Crippen molar-refractivity contribution in [1.82, 2.24) is 9.97 Å². The van der Waals surface area contributed by atoms with Gasteiger partial charge in [0.1, 0.15) is 16.1 Å². The second-order valence-electron chi connectivity index (χ2n) is 2.86. The summed E-state index contributed by atoms with van der Waals surface area (Å²) in [5.41, 5.74) is 1.11. The van der Waals surface area contributed by atoms with Crippen molar-refractivity contribution in [3.05, 3.63) is 46.6 Å². The van der Waals surface area contributed by atoms with Crippen molar-refractivity contribution in [3.63, 3.8) is 0 Å². The molecule has 0 aliphatic rings. The summed E-state index contributed by atoms with van der Waals surface area (Å²) in [5, 5.41) is 0.507. The Morgan fingerprint density at radius 2 is 1.73 bits per heavy atom. The zero-order chi connectivity index (χ0) is 10.8. The van der Waals surface area contributed by atoms with Gasteiger partial charge in [-0.2, -0.15) is 0 Å². The summed E-state index contributed by atoms with van der Waals surface area (Å²) >= 11 is 11.4. The predicted molar refractivity (Wildman–Crippen MR) is 57.4 cm³/mol. The third-order valence-corrected chi connectivity index (χ3v) is 2.17. The van der Waals surface area contributed by atoms with Crippen molar-refractivity contribution in [2.24, 2.45) is 0 Å². The van der Waals surface area contributed by atoms with Crippen LogP contribution < -0.4 is 0 Å². The van der Waals surface area contributed by atoms with Gasteiger partial charge in [-0.05, 0) is 18.2 Å². The summed E-state index contributed by atoms with van der Waals surface area (Å²) < 4.78 is 12.9. The molecule has 2 nitrogen and oxygen atoms in total. The standard InChI is InChI=1S/C10H5Cl2FN2/c11-9-3-6(4-10(12)15-9)8-5-7(13)1-2-14-8/h1-5H. The van der Waals surface area contributed by atoms with Crippen LogP contribution in [-0.2, 0) is 0 Å². The zero-order valence-corrected chi connectivity index (χ0v) is 8.93. The minimum atomic E-state index is -0.357. The molecule has 2 aromatic heterocycles. The number of halogens is 3. The van der Waals surface area contributed by atoms with Gasteiger partial charge in [-0.3, -0.25) is 4.98 Å². The molecule has 0 saturated carbocycles. The Balaban J connectivity index is 2.54. The van der Waals surface area contributed by atoms with Crippen LogP contribution in [0.1, 0.15) is 0 Å². The molecule has 2 aromatic rings. The molecule has 0 bridgehead atoms. The molecule has 76 valence electrons. The van der Waals surface area contributed by atoms with E-state index in [4.69, 9.17) is 23.2 Å². The Kier molecular flexibility index (Phi) is 2.84. The fourth-order valence-corrected chi connectivity index (χ4v) is 1.64. The van der Waals surface area contributed by atoms with Crippen LogP contribution in [0.5, 0.6) is 0 Å². The van der Waals surface area contributed by atoms with Gasteiger partial charge in [-0.15, -0.1) is 0 Å². The quantitative estimate of drug-likeness (QED) is 0.715. The molecule has 0 aliphatic carbocycles. The van der Waals surface area contributed by atoms with Crippen LogP contribution in [0.2, 0.25) is 10.3 Å². The van der Waals surface area contributed by atoms with E-state index in [9.17, 15) is 4.39 Å². The lowest BCUT2D eigenvalue weighted by molar-refractivity contribution is 0.626. The van der Waals surface area contributed by atoms with Crippen molar-refractivity contribution in [2.45, 2.75) is 0 Å². The first kappa shape index (κ1) is 10.3. The van der Waals surface area contributed by atoms with E-state index >= 15 is 0 Å². The molecule has 0 unspecified atom stereocenters. The summed E-state index contributed by atoms with van der Waals surface area (Å²) in [6.07, 6.45) is 1.38. The SMILES string of the molecule is Fc1ccnc(-c2cc(Cl)nc(Cl)c2)c1. The highest BCUT2D eigenvalue weighted by atomic mass is 35.5. The molecular formula is C10H5Cl2FN2. The molecule has 0 amide bonds. The zero-order valence-electron chi connectivity index (χ0n) is 7.42. The molecular weight excluding hydrogens is 238 g/mol. The normalized spacial score (nSPS) is 10.3. The maximum Gasteiger partial charge on any atom is 0.131 e. The van der Waals surface area contributed by atoms with E-state index in [2.05, 4.69) is 9.97 Å². The minimum absolute atomic E-state index is 0.253. The van der Waals surface area contributed by atoms with Crippen LogP contribution in [-0.4, -0.2) is 9.97 Å². The van der Waals surface area contributed by atoms with E-state index in [0.29, 0.717) is 11.3 Å². The first-order chi connectivity index (χ1) is 7.15. The first-order valence-electron chi connectivity index (χ1n) is 4.10. The molecule has 0 atom stereocenters. The van der Waals surface area contributed by atoms with Crippen LogP contribution >= 0.6 is 23.2 Å². The number of nitrogens with zero attached hydrogens (tertiary/aromatic N) is 2. The summed E-state index contributed by atoms with van der Waals surface area (Å²) in [5.74, 6) is -0.357. The summed E-state index contributed by atoms with van der Waals surface area (Å²) in [6.45, 7) is 0. The van der Waals surface area contributed by atoms with Crippen molar-refractivity contribution in [3.8, 4) is 11.3 Å². The van der Waals surface area contributed by atoms with Crippen LogP contribution in [0.25, 0.3) is 11.3 Å². The lowest BCUT2D eigenvalue weighted by Gasteiger charge is -2.01. The maximum atomic E-state index is 12.9. The van der Waals surface area contributed by atoms with Gasteiger partial charge >= 0.3 is 0 Å². The Morgan fingerprint density at radius 1 is 1.07 bits per heavy atom. The van der Waals surface area contributed by atoms with Gasteiger partial charge in [-0.25, -0.2) is 9.37 Å². The molecule has 2 rings (SSSR count). The second-order valence-corrected chi connectivity index (χ2v) is 3.64. The molecule has 0 aliphatic heterocycles. The van der Waals surface area contributed by atoms with Gasteiger partial charge in [0.05, 0.1) is 5.69 Å². The lowest BCUT2D eigenvalue weighted by Crippen LogP contribution is -1.86. The first-order valence-corrected chi connectivity index (χ1v) is 4.86. The van der Waals surface area contributed by atoms with Crippen molar-refractivity contribution in [1.29, 1.82) is 0 Å². The highest BCUT2D eigenvalue weighted by Crippen LogP contribution is 2.23. The van der Waals surface area contributed by atoms with Crippen molar-refractivity contribution >= 4 is 23.2 Å². The second kappa shape index (κ2) is 4.13. The summed E-state index contributed by atoms with van der Waals surface area (Å²) in [6, 6.07) is 5.74. The average Bonchev–Trinajstić information content (AvgIpc) is 2.16. The number of pyridine rings is 2. The monoisotopic (exact) mass is 242 g/mol. The van der Waals surface area contributed by atoms with E-state index in [1.165, 1.54) is 18.3 Å². The fraction of sp³-hybridized carbons (Fsp3) is 0. The Bertz CT molecular complexity index is 482. The number of rotatable bonds is 1. The summed E-state index contributed by atoms with van der Waals surface area (Å²) in [7, 11) is 0. The van der Waals surface area contributed by atoms with Crippen LogP contribution in [0, 0.1) is 5.82 Å². The van der Waals surface area contributed by atoms with Crippen molar-refractivity contribution < 1.29 is 4.39 Å². The van der Waals surface area contributed by atoms with Gasteiger partial charge in [0, 0.05) is 17.8 Å². The van der Waals surface area contributed by atoms with E-state index < -0.39 is 0 Å². The maximum absolute atomic E-state index is 12.9. The largest absolute Gasteiger partial charge is 0.256 e. The van der Waals surface area contributed by atoms with E-state index in [1.54, 1.807) is 12.1 Å². The third kappa shape index (κ3) is 2.43. The van der Waals surface area contributed by atoms with Crippen molar-refractivity contribution in [2.75, 3.05) is 0 Å². The Labute approximate surface area is 95.7 Å². The highest BCUT2D eigenvalue weighted by molar-refractivity contribution is 6.32. The van der Waals surface area contributed by atoms with Gasteiger partial charge in [0.25, 0.3) is 0 Å². The minimum Gasteiger partial charge on any atom is -0.256 e. The fourth-order valence-electron chi connectivity index (χ4n) is 1.18. The van der Waals surface area contributed by atoms with Gasteiger partial charge < -0.3 is 0 Å². The number of hydrogen-bond acceptors (Lipinski definition) is 2. The number of aromatic nitrogens is 2.